The number of aliphatic imine (C=N–C) groups is 1. The summed E-state index contributed by atoms with van der Waals surface area (Å²) in [6.45, 7) is 2.30. The Morgan fingerprint density at radius 1 is 1.16 bits per heavy atom. The Morgan fingerprint density at radius 2 is 1.91 bits per heavy atom. The van der Waals surface area contributed by atoms with Gasteiger partial charge in [0.15, 0.2) is 5.17 Å². The summed E-state index contributed by atoms with van der Waals surface area (Å²) >= 11 is 13.6. The molecule has 2 aromatic carbocycles. The molecule has 0 spiro atoms. The number of benzene rings is 2. The number of amides is 1. The zero-order valence-corrected chi connectivity index (χ0v) is 19.0. The molecule has 4 rings (SSSR count). The number of hydrogen-bond donors (Lipinski definition) is 1. The zero-order chi connectivity index (χ0) is 22.8. The average Bonchev–Trinajstić information content (AvgIpc) is 3.35. The summed E-state index contributed by atoms with van der Waals surface area (Å²) in [5, 5.41) is 10.4. The first-order valence-electron chi connectivity index (χ1n) is 9.55. The Labute approximate surface area is 198 Å². The van der Waals surface area contributed by atoms with Crippen molar-refractivity contribution in [2.24, 2.45) is 4.99 Å². The molecule has 0 saturated carbocycles. The van der Waals surface area contributed by atoms with Crippen molar-refractivity contribution in [1.29, 1.82) is 0 Å². The smallest absolute Gasteiger partial charge is 0.335 e. The summed E-state index contributed by atoms with van der Waals surface area (Å²) in [6.07, 6.45) is 1.66. The van der Waals surface area contributed by atoms with Gasteiger partial charge in [-0.1, -0.05) is 29.3 Å². The molecule has 9 heteroatoms. The molecular formula is C23H16Cl2N2O4S. The van der Waals surface area contributed by atoms with Crippen molar-refractivity contribution in [3.8, 4) is 11.3 Å². The van der Waals surface area contributed by atoms with Gasteiger partial charge in [-0.25, -0.2) is 9.79 Å². The van der Waals surface area contributed by atoms with Gasteiger partial charge in [0.05, 0.1) is 26.2 Å². The fourth-order valence-electron chi connectivity index (χ4n) is 3.06. The van der Waals surface area contributed by atoms with E-state index in [-0.39, 0.29) is 11.5 Å². The van der Waals surface area contributed by atoms with Crippen molar-refractivity contribution in [3.63, 3.8) is 0 Å². The van der Waals surface area contributed by atoms with Crippen LogP contribution in [0.3, 0.4) is 0 Å². The normalized spacial score (nSPS) is 16.3. The zero-order valence-electron chi connectivity index (χ0n) is 16.7. The number of halogens is 2. The van der Waals surface area contributed by atoms with Crippen LogP contribution in [0, 0.1) is 0 Å². The minimum Gasteiger partial charge on any atom is -0.478 e. The van der Waals surface area contributed by atoms with Gasteiger partial charge in [0.1, 0.15) is 11.5 Å². The Morgan fingerprint density at radius 3 is 2.59 bits per heavy atom. The predicted molar refractivity (Wildman–Crippen MR) is 128 cm³/mol. The highest BCUT2D eigenvalue weighted by Gasteiger charge is 2.32. The molecule has 0 unspecified atom stereocenters. The van der Waals surface area contributed by atoms with Crippen LogP contribution in [-0.4, -0.2) is 33.6 Å². The number of carboxylic acid groups (broad SMARTS) is 1. The maximum atomic E-state index is 12.9. The highest BCUT2D eigenvalue weighted by molar-refractivity contribution is 8.18. The second kappa shape index (κ2) is 9.24. The van der Waals surface area contributed by atoms with Crippen LogP contribution in [0.2, 0.25) is 10.0 Å². The van der Waals surface area contributed by atoms with E-state index in [1.54, 1.807) is 53.4 Å². The third kappa shape index (κ3) is 4.46. The molecule has 0 bridgehead atoms. The minimum atomic E-state index is -1.01. The quantitative estimate of drug-likeness (QED) is 0.412. The van der Waals surface area contributed by atoms with Crippen LogP contribution < -0.4 is 0 Å². The van der Waals surface area contributed by atoms with E-state index in [0.29, 0.717) is 49.4 Å². The van der Waals surface area contributed by atoms with E-state index in [4.69, 9.17) is 32.7 Å². The second-order valence-electron chi connectivity index (χ2n) is 6.71. The van der Waals surface area contributed by atoms with Crippen molar-refractivity contribution >= 4 is 63.8 Å². The van der Waals surface area contributed by atoms with Gasteiger partial charge < -0.3 is 9.52 Å². The van der Waals surface area contributed by atoms with Crippen LogP contribution in [0.15, 0.2) is 68.9 Å². The van der Waals surface area contributed by atoms with E-state index in [1.165, 1.54) is 23.9 Å². The molecule has 3 aromatic rings. The molecule has 1 N–H and O–H groups in total. The van der Waals surface area contributed by atoms with Crippen LogP contribution >= 0.6 is 35.0 Å². The number of amidine groups is 1. The molecule has 1 aliphatic heterocycles. The molecule has 6 nitrogen and oxygen atoms in total. The van der Waals surface area contributed by atoms with E-state index < -0.39 is 5.97 Å². The van der Waals surface area contributed by atoms with E-state index in [1.807, 2.05) is 6.92 Å². The maximum Gasteiger partial charge on any atom is 0.335 e. The summed E-state index contributed by atoms with van der Waals surface area (Å²) < 4.78 is 5.87. The Hall–Kier alpha value is -3.00. The fourth-order valence-corrected chi connectivity index (χ4v) is 4.49. The lowest BCUT2D eigenvalue weighted by Crippen LogP contribution is -2.28. The van der Waals surface area contributed by atoms with Gasteiger partial charge in [-0.05, 0) is 67.2 Å². The second-order valence-corrected chi connectivity index (χ2v) is 8.50. The molecule has 1 aromatic heterocycles. The number of carboxylic acids is 1. The van der Waals surface area contributed by atoms with Crippen LogP contribution in [0.5, 0.6) is 0 Å². The molecule has 1 fully saturated rings. The van der Waals surface area contributed by atoms with Crippen LogP contribution in [0.25, 0.3) is 17.4 Å². The topological polar surface area (TPSA) is 83.1 Å². The Balaban J connectivity index is 1.61. The van der Waals surface area contributed by atoms with Crippen molar-refractivity contribution < 1.29 is 19.1 Å². The number of thioether (sulfide) groups is 1. The number of hydrogen-bond acceptors (Lipinski definition) is 5. The number of likely N-dealkylation sites (N-methyl/N-ethyl adjacent to an activating group) is 1. The van der Waals surface area contributed by atoms with Gasteiger partial charge in [0.2, 0.25) is 0 Å². The predicted octanol–water partition coefficient (Wildman–Crippen LogP) is 6.58. The van der Waals surface area contributed by atoms with E-state index in [9.17, 15) is 9.59 Å². The Kier molecular flexibility index (Phi) is 6.41. The summed E-state index contributed by atoms with van der Waals surface area (Å²) in [7, 11) is 0. The number of furan rings is 1. The average molecular weight is 487 g/mol. The van der Waals surface area contributed by atoms with Gasteiger partial charge in [0, 0.05) is 18.2 Å². The highest BCUT2D eigenvalue weighted by atomic mass is 35.5. The first-order chi connectivity index (χ1) is 15.4. The van der Waals surface area contributed by atoms with Crippen molar-refractivity contribution in [1.82, 2.24) is 4.90 Å². The van der Waals surface area contributed by atoms with Gasteiger partial charge >= 0.3 is 5.97 Å². The third-order valence-corrected chi connectivity index (χ3v) is 6.49. The van der Waals surface area contributed by atoms with Gasteiger partial charge in [0.25, 0.3) is 5.91 Å². The molecule has 1 aliphatic rings. The molecule has 0 aliphatic carbocycles. The van der Waals surface area contributed by atoms with Gasteiger partial charge in [-0.3, -0.25) is 9.69 Å². The molecule has 1 amide bonds. The monoisotopic (exact) mass is 486 g/mol. The lowest BCUT2D eigenvalue weighted by atomic mass is 10.2. The summed E-state index contributed by atoms with van der Waals surface area (Å²) in [4.78, 5) is 30.4. The van der Waals surface area contributed by atoms with Crippen molar-refractivity contribution in [2.45, 2.75) is 6.92 Å². The first-order valence-corrected chi connectivity index (χ1v) is 11.1. The van der Waals surface area contributed by atoms with E-state index in [0.717, 1.165) is 0 Å². The number of nitrogens with zero attached hydrogens (tertiary/aromatic N) is 2. The summed E-state index contributed by atoms with van der Waals surface area (Å²) in [6, 6.07) is 15.0. The number of carbonyl (C=O) groups is 2. The van der Waals surface area contributed by atoms with E-state index in [2.05, 4.69) is 4.99 Å². The lowest BCUT2D eigenvalue weighted by Gasteiger charge is -2.11. The fraction of sp³-hybridized carbons (Fsp3) is 0.0870. The largest absolute Gasteiger partial charge is 0.478 e. The number of aromatic carboxylic acids is 1. The molecule has 32 heavy (non-hydrogen) atoms. The van der Waals surface area contributed by atoms with Crippen LogP contribution in [0.1, 0.15) is 23.0 Å². The number of carbonyl (C=O) groups excluding carboxylic acids is 1. The van der Waals surface area contributed by atoms with Crippen LogP contribution in [0.4, 0.5) is 5.69 Å². The molecular weight excluding hydrogens is 471 g/mol. The van der Waals surface area contributed by atoms with Crippen molar-refractivity contribution in [3.05, 3.63) is 80.9 Å². The minimum absolute atomic E-state index is 0.172. The standard InChI is InChI=1S/C23H16Cl2N2O4S/c1-2-27-21(28)19(32-23(27)26-14-8-6-13(7-9-14)22(29)30)12-15-10-11-18(31-15)16-4-3-5-17(24)20(16)25/h3-12H,2H2,1H3,(H,29,30)/b19-12-,26-23?. The SMILES string of the molecule is CCN1C(=O)/C(=C/c2ccc(-c3cccc(Cl)c3Cl)o2)SC1=Nc1ccc(C(=O)O)cc1. The molecule has 1 saturated heterocycles. The highest BCUT2D eigenvalue weighted by Crippen LogP contribution is 2.37. The maximum absolute atomic E-state index is 12.9. The third-order valence-electron chi connectivity index (χ3n) is 4.66. The number of rotatable bonds is 5. The summed E-state index contributed by atoms with van der Waals surface area (Å²) in [5.74, 6) is -0.154. The summed E-state index contributed by atoms with van der Waals surface area (Å²) in [5.41, 5.74) is 1.39. The molecule has 0 atom stereocenters. The lowest BCUT2D eigenvalue weighted by molar-refractivity contribution is -0.122. The molecule has 0 radical (unpaired) electrons. The molecule has 162 valence electrons. The molecule has 2 heterocycles. The van der Waals surface area contributed by atoms with Gasteiger partial charge in [-0.2, -0.15) is 0 Å². The van der Waals surface area contributed by atoms with Crippen LogP contribution in [-0.2, 0) is 4.79 Å². The van der Waals surface area contributed by atoms with Gasteiger partial charge in [-0.15, -0.1) is 0 Å². The van der Waals surface area contributed by atoms with Crippen molar-refractivity contribution in [2.75, 3.05) is 6.54 Å². The Bertz CT molecular complexity index is 1270. The van der Waals surface area contributed by atoms with E-state index >= 15 is 0 Å². The first kappa shape index (κ1) is 22.2.